The predicted octanol–water partition coefficient (Wildman–Crippen LogP) is 2.80. The summed E-state index contributed by atoms with van der Waals surface area (Å²) in [6.07, 6.45) is 2.31. The van der Waals surface area contributed by atoms with Gasteiger partial charge in [0.1, 0.15) is 0 Å². The average molecular weight is 230 g/mol. The van der Waals surface area contributed by atoms with Crippen LogP contribution >= 0.6 is 23.4 Å². The highest BCUT2D eigenvalue weighted by Gasteiger charge is 2.07. The first-order valence-corrected chi connectivity index (χ1v) is 5.97. The molecule has 0 saturated carbocycles. The number of Topliss-reactive ketones (excluding diaryl/α,β-unsaturated/α-hetero) is 1. The van der Waals surface area contributed by atoms with Gasteiger partial charge in [-0.2, -0.15) is 0 Å². The van der Waals surface area contributed by atoms with Gasteiger partial charge in [-0.05, 0) is 24.5 Å². The molecule has 0 unspecified atom stereocenters. The molecule has 0 spiro atoms. The van der Waals surface area contributed by atoms with Gasteiger partial charge in [-0.25, -0.2) is 0 Å². The average Bonchev–Trinajstić information content (AvgIpc) is 2.19. The Hall–Kier alpha value is -0.670. The number of hydrogen-bond acceptors (Lipinski definition) is 3. The SMILES string of the molecule is CSc1cc(C(=O)CCCl)ccc1N. The van der Waals surface area contributed by atoms with E-state index in [0.717, 1.165) is 4.90 Å². The van der Waals surface area contributed by atoms with Crippen LogP contribution in [-0.2, 0) is 0 Å². The molecular weight excluding hydrogens is 218 g/mol. The summed E-state index contributed by atoms with van der Waals surface area (Å²) < 4.78 is 0. The first kappa shape index (κ1) is 11.4. The Labute approximate surface area is 92.8 Å². The summed E-state index contributed by atoms with van der Waals surface area (Å²) in [7, 11) is 0. The van der Waals surface area contributed by atoms with Crippen LogP contribution in [0.3, 0.4) is 0 Å². The maximum Gasteiger partial charge on any atom is 0.164 e. The number of halogens is 1. The smallest absolute Gasteiger partial charge is 0.164 e. The maximum absolute atomic E-state index is 11.5. The van der Waals surface area contributed by atoms with Gasteiger partial charge in [-0.1, -0.05) is 0 Å². The molecule has 76 valence electrons. The van der Waals surface area contributed by atoms with E-state index in [9.17, 15) is 4.79 Å². The molecule has 14 heavy (non-hydrogen) atoms. The van der Waals surface area contributed by atoms with Gasteiger partial charge >= 0.3 is 0 Å². The van der Waals surface area contributed by atoms with E-state index in [1.165, 1.54) is 11.8 Å². The number of nitrogens with two attached hydrogens (primary N) is 1. The van der Waals surface area contributed by atoms with Gasteiger partial charge in [0.15, 0.2) is 5.78 Å². The van der Waals surface area contributed by atoms with E-state index in [2.05, 4.69) is 0 Å². The van der Waals surface area contributed by atoms with Crippen molar-refractivity contribution in [1.82, 2.24) is 0 Å². The lowest BCUT2D eigenvalue weighted by molar-refractivity contribution is 0.0989. The number of carbonyl (C=O) groups excluding carboxylic acids is 1. The molecule has 0 fully saturated rings. The molecule has 0 aromatic heterocycles. The van der Waals surface area contributed by atoms with E-state index in [1.807, 2.05) is 12.3 Å². The fourth-order valence-electron chi connectivity index (χ4n) is 1.11. The number of carbonyl (C=O) groups is 1. The van der Waals surface area contributed by atoms with E-state index in [1.54, 1.807) is 12.1 Å². The third-order valence-corrected chi connectivity index (χ3v) is 2.86. The fourth-order valence-corrected chi connectivity index (χ4v) is 1.83. The van der Waals surface area contributed by atoms with Gasteiger partial charge < -0.3 is 5.73 Å². The van der Waals surface area contributed by atoms with Gasteiger partial charge in [0.2, 0.25) is 0 Å². The molecule has 1 rings (SSSR count). The lowest BCUT2D eigenvalue weighted by atomic mass is 10.1. The Bertz CT molecular complexity index is 341. The Kier molecular flexibility index (Phi) is 4.29. The van der Waals surface area contributed by atoms with Gasteiger partial charge in [-0.15, -0.1) is 23.4 Å². The van der Waals surface area contributed by atoms with Crippen molar-refractivity contribution in [3.63, 3.8) is 0 Å². The summed E-state index contributed by atoms with van der Waals surface area (Å²) in [6, 6.07) is 5.31. The van der Waals surface area contributed by atoms with Crippen molar-refractivity contribution in [2.45, 2.75) is 11.3 Å². The number of ketones is 1. The largest absolute Gasteiger partial charge is 0.398 e. The number of nitrogen functional groups attached to an aromatic ring is 1. The molecule has 1 aromatic carbocycles. The summed E-state index contributed by atoms with van der Waals surface area (Å²) in [5, 5.41) is 0. The predicted molar refractivity (Wildman–Crippen MR) is 62.3 cm³/mol. The van der Waals surface area contributed by atoms with Gasteiger partial charge in [0.25, 0.3) is 0 Å². The number of hydrogen-bond donors (Lipinski definition) is 1. The van der Waals surface area contributed by atoms with Crippen LogP contribution in [0.25, 0.3) is 0 Å². The van der Waals surface area contributed by atoms with E-state index in [4.69, 9.17) is 17.3 Å². The molecule has 2 nitrogen and oxygen atoms in total. The van der Waals surface area contributed by atoms with Crippen LogP contribution in [-0.4, -0.2) is 17.9 Å². The highest BCUT2D eigenvalue weighted by molar-refractivity contribution is 7.98. The molecule has 0 saturated heterocycles. The summed E-state index contributed by atoms with van der Waals surface area (Å²) in [5.74, 6) is 0.424. The molecule has 0 aliphatic carbocycles. The summed E-state index contributed by atoms with van der Waals surface area (Å²) in [6.45, 7) is 0. The number of alkyl halides is 1. The van der Waals surface area contributed by atoms with Crippen molar-refractivity contribution in [3.05, 3.63) is 23.8 Å². The molecule has 2 N–H and O–H groups in total. The van der Waals surface area contributed by atoms with Gasteiger partial charge in [-0.3, -0.25) is 4.79 Å². The van der Waals surface area contributed by atoms with E-state index >= 15 is 0 Å². The zero-order valence-corrected chi connectivity index (χ0v) is 9.49. The standard InChI is InChI=1S/C10H12ClNOS/c1-14-10-6-7(2-3-8(10)12)9(13)4-5-11/h2-3,6H,4-5,12H2,1H3. The van der Waals surface area contributed by atoms with Crippen LogP contribution in [0.2, 0.25) is 0 Å². The van der Waals surface area contributed by atoms with Gasteiger partial charge in [0.05, 0.1) is 0 Å². The quantitative estimate of drug-likeness (QED) is 0.374. The molecule has 0 aliphatic heterocycles. The Morgan fingerprint density at radius 1 is 1.57 bits per heavy atom. The topological polar surface area (TPSA) is 43.1 Å². The molecule has 0 bridgehead atoms. The van der Waals surface area contributed by atoms with Crippen LogP contribution in [0.4, 0.5) is 5.69 Å². The molecule has 0 aliphatic rings. The third kappa shape index (κ3) is 2.66. The zero-order valence-electron chi connectivity index (χ0n) is 7.92. The Balaban J connectivity index is 2.94. The molecule has 1 aromatic rings. The second-order valence-electron chi connectivity index (χ2n) is 2.82. The molecule has 0 amide bonds. The van der Waals surface area contributed by atoms with Crippen LogP contribution in [0.1, 0.15) is 16.8 Å². The Morgan fingerprint density at radius 2 is 2.29 bits per heavy atom. The number of benzene rings is 1. The number of anilines is 1. The summed E-state index contributed by atoms with van der Waals surface area (Å²) in [5.41, 5.74) is 7.11. The minimum atomic E-state index is 0.0651. The van der Waals surface area contributed by atoms with Crippen molar-refractivity contribution in [2.24, 2.45) is 0 Å². The zero-order chi connectivity index (χ0) is 10.6. The number of thioether (sulfide) groups is 1. The second kappa shape index (κ2) is 5.27. The molecule has 0 heterocycles. The number of rotatable bonds is 4. The van der Waals surface area contributed by atoms with E-state index < -0.39 is 0 Å². The minimum Gasteiger partial charge on any atom is -0.398 e. The van der Waals surface area contributed by atoms with Crippen LogP contribution in [0, 0.1) is 0 Å². The van der Waals surface area contributed by atoms with E-state index in [-0.39, 0.29) is 5.78 Å². The lowest BCUT2D eigenvalue weighted by Crippen LogP contribution is -2.00. The maximum atomic E-state index is 11.5. The van der Waals surface area contributed by atoms with Gasteiger partial charge in [0, 0.05) is 28.4 Å². The molecule has 0 radical (unpaired) electrons. The lowest BCUT2D eigenvalue weighted by Gasteiger charge is -2.04. The van der Waals surface area contributed by atoms with Crippen LogP contribution < -0.4 is 5.73 Å². The fraction of sp³-hybridized carbons (Fsp3) is 0.300. The first-order valence-electron chi connectivity index (χ1n) is 4.21. The van der Waals surface area contributed by atoms with Crippen molar-refractivity contribution in [2.75, 3.05) is 17.9 Å². The van der Waals surface area contributed by atoms with Crippen molar-refractivity contribution < 1.29 is 4.79 Å². The van der Waals surface area contributed by atoms with Crippen molar-refractivity contribution in [3.8, 4) is 0 Å². The normalized spacial score (nSPS) is 10.1. The monoisotopic (exact) mass is 229 g/mol. The Morgan fingerprint density at radius 3 is 2.86 bits per heavy atom. The highest BCUT2D eigenvalue weighted by atomic mass is 35.5. The molecule has 4 heteroatoms. The summed E-state index contributed by atoms with van der Waals surface area (Å²) >= 11 is 7.04. The second-order valence-corrected chi connectivity index (χ2v) is 4.04. The summed E-state index contributed by atoms with van der Waals surface area (Å²) in [4.78, 5) is 12.4. The minimum absolute atomic E-state index is 0.0651. The third-order valence-electron chi connectivity index (χ3n) is 1.88. The van der Waals surface area contributed by atoms with Crippen LogP contribution in [0.5, 0.6) is 0 Å². The van der Waals surface area contributed by atoms with Crippen molar-refractivity contribution in [1.29, 1.82) is 0 Å². The van der Waals surface area contributed by atoms with Crippen molar-refractivity contribution >= 4 is 34.8 Å². The molecular formula is C10H12ClNOS. The highest BCUT2D eigenvalue weighted by Crippen LogP contribution is 2.24. The van der Waals surface area contributed by atoms with E-state index in [0.29, 0.717) is 23.6 Å². The molecule has 0 atom stereocenters. The van der Waals surface area contributed by atoms with Crippen LogP contribution in [0.15, 0.2) is 23.1 Å². The first-order chi connectivity index (χ1) is 6.69.